The van der Waals surface area contributed by atoms with Crippen LogP contribution in [0, 0.1) is 0 Å². The Bertz CT molecular complexity index is 3390. The molecule has 89 heavy (non-hydrogen) atoms. The fraction of sp³-hybridized carbons (Fsp3) is 0.0759. The van der Waals surface area contributed by atoms with Crippen molar-refractivity contribution in [3.05, 3.63) is 393 Å². The minimum absolute atomic E-state index is 0. The van der Waals surface area contributed by atoms with Crippen LogP contribution in [0.1, 0.15) is 34.2 Å². The zero-order valence-electron chi connectivity index (χ0n) is 49.9. The molecule has 10 heteroatoms. The van der Waals surface area contributed by atoms with Crippen molar-refractivity contribution >= 4 is 56.0 Å². The van der Waals surface area contributed by atoms with Crippen LogP contribution in [0.15, 0.2) is 358 Å². The number of rotatable bonds is 20. The van der Waals surface area contributed by atoms with Crippen LogP contribution < -0.4 is 43.7 Å². The predicted molar refractivity (Wildman–Crippen MR) is 367 cm³/mol. The molecular weight excluding hydrogens is 1130 g/mol. The van der Waals surface area contributed by atoms with Gasteiger partial charge in [0, 0.05) is 64.1 Å². The molecule has 0 amide bonds. The molecule has 0 aliphatic carbocycles. The molecule has 0 saturated heterocycles. The average molecular weight is 1200 g/mol. The van der Waals surface area contributed by atoms with Crippen LogP contribution in [0.4, 0.5) is 0 Å². The van der Waals surface area contributed by atoms with E-state index in [1.807, 2.05) is 73.3 Å². The molecule has 437 valence electrons. The van der Waals surface area contributed by atoms with Gasteiger partial charge < -0.3 is 0 Å². The second kappa shape index (κ2) is 32.2. The van der Waals surface area contributed by atoms with E-state index >= 15 is 0 Å². The van der Waals surface area contributed by atoms with E-state index in [4.69, 9.17) is 4.98 Å². The maximum atomic E-state index is 5.05. The van der Waals surface area contributed by atoms with Crippen LogP contribution in [0.3, 0.4) is 0 Å². The average Bonchev–Trinajstić information content (AvgIpc) is 2.55. The number of pyridine rings is 5. The fourth-order valence-electron chi connectivity index (χ4n) is 12.6. The number of hydrogen-bond donors (Lipinski definition) is 0. The van der Waals surface area contributed by atoms with Crippen molar-refractivity contribution in [3.8, 4) is 0 Å². The van der Waals surface area contributed by atoms with Gasteiger partial charge in [-0.05, 0) is 60.7 Å². The summed E-state index contributed by atoms with van der Waals surface area (Å²) in [6.07, 6.45) is 4.92. The third-order valence-electron chi connectivity index (χ3n) is 16.5. The van der Waals surface area contributed by atoms with Crippen molar-refractivity contribution in [2.24, 2.45) is 0 Å². The summed E-state index contributed by atoms with van der Waals surface area (Å²) >= 11 is 0. The first-order chi connectivity index (χ1) is 43.6. The first-order valence-electron chi connectivity index (χ1n) is 30.4. The van der Waals surface area contributed by atoms with Crippen LogP contribution in [-0.2, 0) is 56.0 Å². The maximum absolute atomic E-state index is 5.05. The molecule has 0 saturated carbocycles. The van der Waals surface area contributed by atoms with Crippen molar-refractivity contribution in [1.82, 2.24) is 34.7 Å². The topological polar surface area (TPSA) is 70.9 Å². The summed E-state index contributed by atoms with van der Waals surface area (Å²) in [7, 11) is 0. The Kier molecular flexibility index (Phi) is 22.5. The summed E-state index contributed by atoms with van der Waals surface area (Å²) in [4.78, 5) is 27.9. The van der Waals surface area contributed by atoms with E-state index in [0.717, 1.165) is 60.3 Å². The Morgan fingerprint density at radius 1 is 0.191 bits per heavy atom. The normalized spacial score (nSPS) is 11.1. The minimum atomic E-state index is -1.22. The maximum Gasteiger partial charge on any atom is 2.00 e. The summed E-state index contributed by atoms with van der Waals surface area (Å²) in [6, 6.07) is 117. The summed E-state index contributed by atoms with van der Waals surface area (Å²) in [5.74, 6) is 0. The van der Waals surface area contributed by atoms with Crippen molar-refractivity contribution in [2.45, 2.75) is 39.3 Å². The Hall–Kier alpha value is -9.93. The summed E-state index contributed by atoms with van der Waals surface area (Å²) in [5.41, 5.74) is 16.8. The first-order valence-corrected chi connectivity index (χ1v) is 30.4. The van der Waals surface area contributed by atoms with E-state index in [0.29, 0.717) is 13.1 Å². The molecule has 0 fully saturated rings. The predicted octanol–water partition coefficient (Wildman–Crippen LogP) is 11.2. The van der Waals surface area contributed by atoms with Gasteiger partial charge in [0.2, 0.25) is 0 Å². The van der Waals surface area contributed by atoms with Gasteiger partial charge in [0.1, 0.15) is 12.3 Å². The van der Waals surface area contributed by atoms with E-state index in [9.17, 15) is 0 Å². The molecule has 5 heterocycles. The third kappa shape index (κ3) is 16.0. The quantitative estimate of drug-likeness (QED) is 0.0704. The molecule has 0 atom stereocenters. The second-order valence-electron chi connectivity index (χ2n) is 22.2. The van der Waals surface area contributed by atoms with Crippen molar-refractivity contribution in [1.29, 1.82) is 0 Å². The van der Waals surface area contributed by atoms with Gasteiger partial charge in [-0.3, -0.25) is 34.7 Å². The van der Waals surface area contributed by atoms with Crippen LogP contribution in [0.25, 0.3) is 0 Å². The van der Waals surface area contributed by atoms with E-state index in [-0.39, 0.29) is 16.8 Å². The second-order valence-corrected chi connectivity index (χ2v) is 22.2. The number of hydrogen-bond acceptors (Lipinski definition) is 7. The van der Waals surface area contributed by atoms with Crippen LogP contribution >= 0.6 is 0 Å². The zero-order valence-corrected chi connectivity index (χ0v) is 51.0. The van der Waals surface area contributed by atoms with Crippen molar-refractivity contribution in [3.63, 3.8) is 0 Å². The first kappa shape index (κ1) is 62.1. The van der Waals surface area contributed by atoms with E-state index in [2.05, 4.69) is 315 Å². The van der Waals surface area contributed by atoms with Gasteiger partial charge in [0.05, 0.1) is 34.2 Å². The molecular formula is C79H71B2CoN7. The Balaban J connectivity index is 0.000000151. The molecule has 0 bridgehead atoms. The number of aromatic nitrogens is 5. The molecule has 0 aliphatic heterocycles. The van der Waals surface area contributed by atoms with E-state index in [1.165, 1.54) is 43.7 Å². The van der Waals surface area contributed by atoms with Gasteiger partial charge in [-0.1, -0.05) is 273 Å². The molecule has 8 aromatic carbocycles. The molecule has 0 unspecified atom stereocenters. The zero-order chi connectivity index (χ0) is 59.7. The summed E-state index contributed by atoms with van der Waals surface area (Å²) in [6.45, 7) is 4.26. The molecule has 5 aromatic heterocycles. The van der Waals surface area contributed by atoms with Gasteiger partial charge in [-0.15, -0.1) is 0 Å². The van der Waals surface area contributed by atoms with Gasteiger partial charge in [-0.2, -0.15) is 43.7 Å². The SMILES string of the molecule is [Co+2].c1ccc(CN(Cc2ccccn2)Cc2cccc(CN(Cc3ccccn3)Cc3ccccn3)n2)nc1.c1ccc([B-](c2ccccc2)(c2ccccc2)c2ccccc2)cc1.c1ccc([B-](c2ccccc2)(c2ccccc2)c2ccccc2)cc1. The molecule has 0 N–H and O–H groups in total. The molecule has 0 spiro atoms. The molecule has 7 nitrogen and oxygen atoms in total. The Morgan fingerprint density at radius 2 is 0.360 bits per heavy atom. The van der Waals surface area contributed by atoms with Gasteiger partial charge >= 0.3 is 16.8 Å². The Labute approximate surface area is 536 Å². The fourth-order valence-corrected chi connectivity index (χ4v) is 12.6. The monoisotopic (exact) mass is 1200 g/mol. The van der Waals surface area contributed by atoms with Crippen molar-refractivity contribution in [2.75, 3.05) is 0 Å². The van der Waals surface area contributed by atoms with Gasteiger partial charge in [-0.25, -0.2) is 0 Å². The van der Waals surface area contributed by atoms with Gasteiger partial charge in [0.25, 0.3) is 0 Å². The third-order valence-corrected chi connectivity index (χ3v) is 16.5. The molecule has 13 rings (SSSR count). The smallest absolute Gasteiger partial charge is 0.286 e. The Morgan fingerprint density at radius 3 is 0.539 bits per heavy atom. The summed E-state index contributed by atoms with van der Waals surface area (Å²) < 4.78 is 0. The molecule has 1 radical (unpaired) electrons. The van der Waals surface area contributed by atoms with E-state index < -0.39 is 12.3 Å². The van der Waals surface area contributed by atoms with E-state index in [1.54, 1.807) is 0 Å². The van der Waals surface area contributed by atoms with Gasteiger partial charge in [0.15, 0.2) is 0 Å². The number of nitrogens with zero attached hydrogens (tertiary/aromatic N) is 7. The number of benzene rings is 8. The summed E-state index contributed by atoms with van der Waals surface area (Å²) in [5, 5.41) is 0. The van der Waals surface area contributed by atoms with Crippen molar-refractivity contribution < 1.29 is 16.8 Å². The molecule has 13 aromatic rings. The molecule has 0 aliphatic rings. The van der Waals surface area contributed by atoms with Crippen LogP contribution in [0.2, 0.25) is 0 Å². The largest absolute Gasteiger partial charge is 2.00 e. The standard InChI is InChI=1S/C31H31N7.2C24H20B.Co/c1-5-16-32-26(10-1)20-37(21-27-11-2-6-17-33-27)24-30-14-9-15-31(36-30)25-38(22-28-12-3-7-18-34-28)23-29-13-4-8-19-35-29;2*1-5-13-21(14-6-1)25(22-15-7-2-8-16-22,23-17-9-3-10-18-23)24-19-11-4-12-20-24;/h1-19H,20-25H2;2*1-20H;/q;2*-1;+2. The van der Waals surface area contributed by atoms with Crippen LogP contribution in [-0.4, -0.2) is 47.0 Å². The minimum Gasteiger partial charge on any atom is -0.286 e. The van der Waals surface area contributed by atoms with Crippen LogP contribution in [0.5, 0.6) is 0 Å².